The van der Waals surface area contributed by atoms with E-state index in [1.54, 1.807) is 17.1 Å². The van der Waals surface area contributed by atoms with Crippen LogP contribution in [-0.2, 0) is 0 Å². The maximum absolute atomic E-state index is 12.7. The average Bonchev–Trinajstić information content (AvgIpc) is 2.25. The van der Waals surface area contributed by atoms with Gasteiger partial charge < -0.3 is 9.80 Å². The zero-order chi connectivity index (χ0) is 14.2. The van der Waals surface area contributed by atoms with Crippen LogP contribution < -0.4 is 0 Å². The summed E-state index contributed by atoms with van der Waals surface area (Å²) in [5.41, 5.74) is 0.174. The van der Waals surface area contributed by atoms with Crippen molar-refractivity contribution in [2.24, 2.45) is 4.99 Å². The minimum Gasteiger partial charge on any atom is -0.328 e. The predicted molar refractivity (Wildman–Crippen MR) is 71.9 cm³/mol. The molecule has 0 N–H and O–H groups in total. The molecule has 0 saturated carbocycles. The molecule has 0 radical (unpaired) electrons. The van der Waals surface area contributed by atoms with Crippen molar-refractivity contribution in [1.82, 2.24) is 9.80 Å². The molecule has 2 aliphatic rings. The highest BCUT2D eigenvalue weighted by atomic mass is 79.9. The number of fused-ring (bicyclic) bond motifs is 1. The maximum Gasteiger partial charge on any atom is 0.434 e. The highest BCUT2D eigenvalue weighted by Gasteiger charge is 2.39. The molecule has 2 rings (SSSR count). The molecule has 19 heavy (non-hydrogen) atoms. The van der Waals surface area contributed by atoms with E-state index in [1.807, 2.05) is 25.2 Å². The molecule has 3 nitrogen and oxygen atoms in total. The van der Waals surface area contributed by atoms with Gasteiger partial charge in [0.15, 0.2) is 5.70 Å². The van der Waals surface area contributed by atoms with Crippen LogP contribution in [0.4, 0.5) is 13.2 Å². The van der Waals surface area contributed by atoms with Gasteiger partial charge in [0.25, 0.3) is 0 Å². The first kappa shape index (κ1) is 14.3. The van der Waals surface area contributed by atoms with Crippen molar-refractivity contribution in [2.75, 3.05) is 27.2 Å². The molecule has 0 unspecified atom stereocenters. The van der Waals surface area contributed by atoms with Crippen LogP contribution in [0.3, 0.4) is 0 Å². The largest absolute Gasteiger partial charge is 0.434 e. The van der Waals surface area contributed by atoms with Crippen LogP contribution in [0.15, 0.2) is 39.1 Å². The van der Waals surface area contributed by atoms with Crippen LogP contribution in [0, 0.1) is 0 Å². The molecule has 0 amide bonds. The molecule has 0 aromatic carbocycles. The van der Waals surface area contributed by atoms with E-state index in [-0.39, 0.29) is 11.0 Å². The Kier molecular flexibility index (Phi) is 3.87. The lowest BCUT2D eigenvalue weighted by atomic mass is 10.1. The number of hydrogen-bond donors (Lipinski definition) is 0. The van der Waals surface area contributed by atoms with E-state index >= 15 is 0 Å². The van der Waals surface area contributed by atoms with Gasteiger partial charge in [0.05, 0.1) is 6.54 Å². The first-order chi connectivity index (χ1) is 8.77. The molecule has 2 aliphatic heterocycles. The van der Waals surface area contributed by atoms with Crippen LogP contribution in [0.1, 0.15) is 0 Å². The van der Waals surface area contributed by atoms with Crippen LogP contribution in [0.25, 0.3) is 0 Å². The maximum atomic E-state index is 12.7. The van der Waals surface area contributed by atoms with Gasteiger partial charge >= 0.3 is 6.18 Å². The number of halogens is 4. The molecule has 0 spiro atoms. The van der Waals surface area contributed by atoms with Crippen molar-refractivity contribution in [1.29, 1.82) is 0 Å². The summed E-state index contributed by atoms with van der Waals surface area (Å²) in [5.74, 6) is 0.318. The second-order valence-electron chi connectivity index (χ2n) is 4.62. The number of likely N-dealkylation sites (N-methyl/N-ethyl adjacent to an activating group) is 1. The van der Waals surface area contributed by atoms with E-state index < -0.39 is 11.9 Å². The Morgan fingerprint density at radius 2 is 2.05 bits per heavy atom. The summed E-state index contributed by atoms with van der Waals surface area (Å²) in [6, 6.07) is 0. The van der Waals surface area contributed by atoms with Gasteiger partial charge in [0.1, 0.15) is 5.84 Å². The minimum absolute atomic E-state index is 0.0551. The first-order valence-corrected chi connectivity index (χ1v) is 6.41. The van der Waals surface area contributed by atoms with E-state index in [0.29, 0.717) is 5.84 Å². The number of aliphatic imine (C=N–C) groups is 1. The lowest BCUT2D eigenvalue weighted by Crippen LogP contribution is -2.34. The highest BCUT2D eigenvalue weighted by molar-refractivity contribution is 9.11. The molecule has 2 heterocycles. The molecule has 0 fully saturated rings. The van der Waals surface area contributed by atoms with Crippen molar-refractivity contribution in [3.8, 4) is 0 Å². The Morgan fingerprint density at radius 3 is 2.63 bits per heavy atom. The first-order valence-electron chi connectivity index (χ1n) is 5.62. The van der Waals surface area contributed by atoms with E-state index in [2.05, 4.69) is 20.9 Å². The van der Waals surface area contributed by atoms with E-state index in [0.717, 1.165) is 12.1 Å². The van der Waals surface area contributed by atoms with Crippen molar-refractivity contribution < 1.29 is 13.2 Å². The van der Waals surface area contributed by atoms with Crippen molar-refractivity contribution in [2.45, 2.75) is 6.18 Å². The molecular weight excluding hydrogens is 323 g/mol. The molecule has 0 atom stereocenters. The molecule has 104 valence electrons. The summed E-state index contributed by atoms with van der Waals surface area (Å²) in [5, 5.41) is 0. The number of allylic oxidation sites excluding steroid dienone is 1. The summed E-state index contributed by atoms with van der Waals surface area (Å²) in [6.45, 7) is 0.878. The average molecular weight is 336 g/mol. The lowest BCUT2D eigenvalue weighted by molar-refractivity contribution is -0.0931. The summed E-state index contributed by atoms with van der Waals surface area (Å²) in [7, 11) is 3.87. The van der Waals surface area contributed by atoms with Crippen molar-refractivity contribution in [3.05, 3.63) is 34.1 Å². The number of rotatable bonds is 2. The van der Waals surface area contributed by atoms with Gasteiger partial charge in [0.2, 0.25) is 0 Å². The second kappa shape index (κ2) is 5.13. The van der Waals surface area contributed by atoms with Gasteiger partial charge in [-0.2, -0.15) is 13.2 Å². The fourth-order valence-corrected chi connectivity index (χ4v) is 2.47. The third kappa shape index (κ3) is 3.27. The Morgan fingerprint density at radius 1 is 1.37 bits per heavy atom. The third-order valence-electron chi connectivity index (χ3n) is 2.62. The zero-order valence-electron chi connectivity index (χ0n) is 10.5. The van der Waals surface area contributed by atoms with Crippen LogP contribution in [-0.4, -0.2) is 49.0 Å². The molecular formula is C12H13BrF3N3. The predicted octanol–water partition coefficient (Wildman–Crippen LogP) is 2.88. The molecule has 0 bridgehead atoms. The zero-order valence-corrected chi connectivity index (χ0v) is 12.1. The van der Waals surface area contributed by atoms with E-state index in [4.69, 9.17) is 0 Å². The molecule has 0 aliphatic carbocycles. The summed E-state index contributed by atoms with van der Waals surface area (Å²) < 4.78 is 38.3. The SMILES string of the molecule is CN(C)CC1=CN2CC(Br)=C(C(F)(F)F)N=C2C=C1. The second-order valence-corrected chi connectivity index (χ2v) is 5.58. The van der Waals surface area contributed by atoms with Gasteiger partial charge in [-0.05, 0) is 25.7 Å². The van der Waals surface area contributed by atoms with Gasteiger partial charge in [-0.25, -0.2) is 4.99 Å². The normalized spacial score (nSPS) is 19.6. The van der Waals surface area contributed by atoms with Crippen LogP contribution in [0.5, 0.6) is 0 Å². The standard InChI is InChI=1S/C12H13BrF3N3/c1-18(2)5-8-3-4-10-17-11(12(14,15)16)9(13)7-19(10)6-8/h3-4,6H,5,7H2,1-2H3. The minimum atomic E-state index is -4.43. The molecule has 7 heteroatoms. The highest BCUT2D eigenvalue weighted by Crippen LogP contribution is 2.35. The smallest absolute Gasteiger partial charge is 0.328 e. The van der Waals surface area contributed by atoms with E-state index in [9.17, 15) is 13.2 Å². The third-order valence-corrected chi connectivity index (χ3v) is 3.25. The Hall–Kier alpha value is -1.08. The van der Waals surface area contributed by atoms with Gasteiger partial charge in [-0.1, -0.05) is 22.0 Å². The number of hydrogen-bond acceptors (Lipinski definition) is 3. The van der Waals surface area contributed by atoms with Gasteiger partial charge in [-0.3, -0.25) is 0 Å². The number of amidine groups is 1. The lowest BCUT2D eigenvalue weighted by Gasteiger charge is -2.30. The van der Waals surface area contributed by atoms with Gasteiger partial charge in [-0.15, -0.1) is 0 Å². The number of nitrogens with zero attached hydrogens (tertiary/aromatic N) is 3. The molecule has 0 saturated heterocycles. The summed E-state index contributed by atoms with van der Waals surface area (Å²) in [6.07, 6.45) is 0.805. The molecule has 0 aromatic rings. The van der Waals surface area contributed by atoms with E-state index in [1.165, 1.54) is 0 Å². The topological polar surface area (TPSA) is 18.8 Å². The molecule has 0 aromatic heterocycles. The fraction of sp³-hybridized carbons (Fsp3) is 0.417. The number of alkyl halides is 3. The van der Waals surface area contributed by atoms with Crippen LogP contribution in [0.2, 0.25) is 0 Å². The van der Waals surface area contributed by atoms with Crippen molar-refractivity contribution >= 4 is 21.8 Å². The Labute approximate surface area is 117 Å². The quantitative estimate of drug-likeness (QED) is 0.772. The van der Waals surface area contributed by atoms with Crippen molar-refractivity contribution in [3.63, 3.8) is 0 Å². The van der Waals surface area contributed by atoms with Gasteiger partial charge in [0, 0.05) is 17.2 Å². The van der Waals surface area contributed by atoms with Crippen LogP contribution >= 0.6 is 15.9 Å². The fourth-order valence-electron chi connectivity index (χ4n) is 1.89. The Balaban J connectivity index is 2.25. The Bertz CT molecular complexity index is 501. The monoisotopic (exact) mass is 335 g/mol. The summed E-state index contributed by atoms with van der Waals surface area (Å²) in [4.78, 5) is 7.38. The summed E-state index contributed by atoms with van der Waals surface area (Å²) >= 11 is 2.97.